The van der Waals surface area contributed by atoms with Crippen molar-refractivity contribution in [2.75, 3.05) is 38.7 Å². The van der Waals surface area contributed by atoms with Crippen LogP contribution in [0.4, 0.5) is 5.69 Å². The normalized spacial score (nSPS) is 13.2. The molecule has 0 fully saturated rings. The number of anilines is 1. The zero-order chi connectivity index (χ0) is 17.6. The Morgan fingerprint density at radius 2 is 1.92 bits per heavy atom. The fourth-order valence-electron chi connectivity index (χ4n) is 3.34. The first-order valence-electron chi connectivity index (χ1n) is 8.87. The number of benzene rings is 2. The number of likely N-dealkylation sites (N-methyl/N-ethyl adjacent to an activating group) is 1. The molecule has 0 atom stereocenters. The Hall–Kier alpha value is -2.33. The molecule has 1 heterocycles. The van der Waals surface area contributed by atoms with Gasteiger partial charge in [0.25, 0.3) is 0 Å². The zero-order valence-electron chi connectivity index (χ0n) is 15.1. The van der Waals surface area contributed by atoms with Gasteiger partial charge in [0.1, 0.15) is 5.75 Å². The number of ether oxygens (including phenoxy) is 1. The van der Waals surface area contributed by atoms with Crippen molar-refractivity contribution in [1.29, 1.82) is 0 Å². The SMILES string of the molecule is COc1ccc(CCCN(C)CC(=O)N2CCc3ccccc32)cc1. The lowest BCUT2D eigenvalue weighted by molar-refractivity contribution is -0.119. The Balaban J connectivity index is 1.44. The Morgan fingerprint density at radius 3 is 2.68 bits per heavy atom. The molecule has 0 spiro atoms. The van der Waals surface area contributed by atoms with Gasteiger partial charge in [-0.3, -0.25) is 9.69 Å². The summed E-state index contributed by atoms with van der Waals surface area (Å²) >= 11 is 0. The molecule has 2 aromatic carbocycles. The van der Waals surface area contributed by atoms with Crippen molar-refractivity contribution in [3.63, 3.8) is 0 Å². The third-order valence-corrected chi connectivity index (χ3v) is 4.76. The van der Waals surface area contributed by atoms with E-state index < -0.39 is 0 Å². The van der Waals surface area contributed by atoms with E-state index in [2.05, 4.69) is 23.1 Å². The fourth-order valence-corrected chi connectivity index (χ4v) is 3.34. The van der Waals surface area contributed by atoms with Crippen molar-refractivity contribution in [2.24, 2.45) is 0 Å². The fraction of sp³-hybridized carbons (Fsp3) is 0.381. The van der Waals surface area contributed by atoms with Crippen molar-refractivity contribution in [3.05, 3.63) is 59.7 Å². The Morgan fingerprint density at radius 1 is 1.16 bits per heavy atom. The molecule has 0 saturated heterocycles. The number of nitrogens with zero attached hydrogens (tertiary/aromatic N) is 2. The second kappa shape index (κ2) is 8.17. The lowest BCUT2D eigenvalue weighted by atomic mass is 10.1. The van der Waals surface area contributed by atoms with E-state index in [4.69, 9.17) is 4.74 Å². The molecule has 3 rings (SSSR count). The average molecular weight is 338 g/mol. The summed E-state index contributed by atoms with van der Waals surface area (Å²) in [6, 6.07) is 16.4. The molecular formula is C21H26N2O2. The number of para-hydroxylation sites is 1. The standard InChI is InChI=1S/C21H26N2O2/c1-22(14-5-6-17-9-11-19(25-2)12-10-17)16-21(24)23-15-13-18-7-3-4-8-20(18)23/h3-4,7-12H,5-6,13-16H2,1-2H3. The molecule has 0 aliphatic carbocycles. The van der Waals surface area contributed by atoms with E-state index in [0.29, 0.717) is 6.54 Å². The number of methoxy groups -OCH3 is 1. The van der Waals surface area contributed by atoms with Crippen LogP contribution in [0.3, 0.4) is 0 Å². The summed E-state index contributed by atoms with van der Waals surface area (Å²) in [7, 11) is 3.70. The van der Waals surface area contributed by atoms with Crippen LogP contribution < -0.4 is 9.64 Å². The Bertz CT molecular complexity index is 712. The molecule has 1 aliphatic rings. The summed E-state index contributed by atoms with van der Waals surface area (Å²) in [5, 5.41) is 0. The topological polar surface area (TPSA) is 32.8 Å². The number of amides is 1. The van der Waals surface area contributed by atoms with Gasteiger partial charge < -0.3 is 9.64 Å². The first-order chi connectivity index (χ1) is 12.2. The molecule has 0 bridgehead atoms. The van der Waals surface area contributed by atoms with Crippen molar-refractivity contribution < 1.29 is 9.53 Å². The summed E-state index contributed by atoms with van der Waals surface area (Å²) in [6.07, 6.45) is 3.00. The van der Waals surface area contributed by atoms with Gasteiger partial charge in [0, 0.05) is 12.2 Å². The van der Waals surface area contributed by atoms with Gasteiger partial charge in [-0.25, -0.2) is 0 Å². The predicted molar refractivity (Wildman–Crippen MR) is 101 cm³/mol. The first kappa shape index (κ1) is 17.5. The smallest absolute Gasteiger partial charge is 0.241 e. The largest absolute Gasteiger partial charge is 0.497 e. The van der Waals surface area contributed by atoms with E-state index in [1.165, 1.54) is 11.1 Å². The molecule has 1 aliphatic heterocycles. The minimum Gasteiger partial charge on any atom is -0.497 e. The maximum Gasteiger partial charge on any atom is 0.241 e. The zero-order valence-corrected chi connectivity index (χ0v) is 15.1. The number of carbonyl (C=O) groups excluding carboxylic acids is 1. The number of hydrogen-bond acceptors (Lipinski definition) is 3. The Labute approximate surface area is 150 Å². The molecule has 0 saturated carbocycles. The quantitative estimate of drug-likeness (QED) is 0.777. The van der Waals surface area contributed by atoms with Gasteiger partial charge in [-0.2, -0.15) is 0 Å². The van der Waals surface area contributed by atoms with Crippen LogP contribution in [0, 0.1) is 0 Å². The van der Waals surface area contributed by atoms with Gasteiger partial charge in [-0.05, 0) is 62.2 Å². The molecule has 25 heavy (non-hydrogen) atoms. The van der Waals surface area contributed by atoms with Crippen LogP contribution in [0.2, 0.25) is 0 Å². The lowest BCUT2D eigenvalue weighted by Crippen LogP contribution is -2.38. The molecule has 132 valence electrons. The molecule has 0 N–H and O–H groups in total. The van der Waals surface area contributed by atoms with E-state index in [-0.39, 0.29) is 5.91 Å². The summed E-state index contributed by atoms with van der Waals surface area (Å²) < 4.78 is 5.18. The van der Waals surface area contributed by atoms with Crippen molar-refractivity contribution in [3.8, 4) is 5.75 Å². The molecule has 4 nitrogen and oxygen atoms in total. The van der Waals surface area contributed by atoms with Crippen LogP contribution in [0.25, 0.3) is 0 Å². The summed E-state index contributed by atoms with van der Waals surface area (Å²) in [6.45, 7) is 2.18. The van der Waals surface area contributed by atoms with Crippen LogP contribution in [-0.2, 0) is 17.6 Å². The van der Waals surface area contributed by atoms with Crippen LogP contribution in [-0.4, -0.2) is 44.6 Å². The van der Waals surface area contributed by atoms with Gasteiger partial charge in [-0.1, -0.05) is 30.3 Å². The number of fused-ring (bicyclic) bond motifs is 1. The number of hydrogen-bond donors (Lipinski definition) is 0. The van der Waals surface area contributed by atoms with E-state index in [0.717, 1.165) is 43.8 Å². The van der Waals surface area contributed by atoms with E-state index >= 15 is 0 Å². The highest BCUT2D eigenvalue weighted by Gasteiger charge is 2.24. The van der Waals surface area contributed by atoms with Crippen molar-refractivity contribution >= 4 is 11.6 Å². The van der Waals surface area contributed by atoms with Gasteiger partial charge >= 0.3 is 0 Å². The van der Waals surface area contributed by atoms with E-state index in [1.54, 1.807) is 7.11 Å². The first-order valence-corrected chi connectivity index (χ1v) is 8.87. The molecule has 0 aromatic heterocycles. The average Bonchev–Trinajstić information content (AvgIpc) is 3.06. The number of carbonyl (C=O) groups is 1. The second-order valence-corrected chi connectivity index (χ2v) is 6.61. The van der Waals surface area contributed by atoms with Gasteiger partial charge in [0.2, 0.25) is 5.91 Å². The van der Waals surface area contributed by atoms with Crippen LogP contribution in [0.5, 0.6) is 5.75 Å². The van der Waals surface area contributed by atoms with Gasteiger partial charge in [-0.15, -0.1) is 0 Å². The maximum atomic E-state index is 12.6. The molecule has 0 unspecified atom stereocenters. The number of aryl methyl sites for hydroxylation is 1. The van der Waals surface area contributed by atoms with Gasteiger partial charge in [0.05, 0.1) is 13.7 Å². The molecule has 4 heteroatoms. The number of rotatable bonds is 7. The highest BCUT2D eigenvalue weighted by Crippen LogP contribution is 2.27. The van der Waals surface area contributed by atoms with E-state index in [9.17, 15) is 4.79 Å². The lowest BCUT2D eigenvalue weighted by Gasteiger charge is -2.22. The van der Waals surface area contributed by atoms with Crippen LogP contribution >= 0.6 is 0 Å². The second-order valence-electron chi connectivity index (χ2n) is 6.61. The maximum absolute atomic E-state index is 12.6. The van der Waals surface area contributed by atoms with E-state index in [1.807, 2.05) is 42.3 Å². The minimum atomic E-state index is 0.192. The van der Waals surface area contributed by atoms with Gasteiger partial charge in [0.15, 0.2) is 0 Å². The highest BCUT2D eigenvalue weighted by atomic mass is 16.5. The van der Waals surface area contributed by atoms with Crippen LogP contribution in [0.1, 0.15) is 17.5 Å². The molecular weight excluding hydrogens is 312 g/mol. The Kier molecular flexibility index (Phi) is 5.71. The third kappa shape index (κ3) is 4.40. The van der Waals surface area contributed by atoms with Crippen molar-refractivity contribution in [2.45, 2.75) is 19.3 Å². The molecule has 0 radical (unpaired) electrons. The molecule has 2 aromatic rings. The monoisotopic (exact) mass is 338 g/mol. The minimum absolute atomic E-state index is 0.192. The summed E-state index contributed by atoms with van der Waals surface area (Å²) in [5.41, 5.74) is 3.66. The predicted octanol–water partition coefficient (Wildman–Crippen LogP) is 3.15. The summed E-state index contributed by atoms with van der Waals surface area (Å²) in [5.74, 6) is 1.08. The summed E-state index contributed by atoms with van der Waals surface area (Å²) in [4.78, 5) is 16.6. The van der Waals surface area contributed by atoms with Crippen LogP contribution in [0.15, 0.2) is 48.5 Å². The molecule has 1 amide bonds. The third-order valence-electron chi connectivity index (χ3n) is 4.76. The van der Waals surface area contributed by atoms with Crippen molar-refractivity contribution in [1.82, 2.24) is 4.90 Å². The highest BCUT2D eigenvalue weighted by molar-refractivity contribution is 5.96.